The molecule has 3 aromatic heterocycles. The molecule has 0 saturated carbocycles. The molecular formula is C22H24B2F3N7O. The summed E-state index contributed by atoms with van der Waals surface area (Å²) in [4.78, 5) is 32.6. The minimum Gasteiger partial charge on any atom is -0.346 e. The Morgan fingerprint density at radius 2 is 1.86 bits per heavy atom. The normalized spacial score (nSPS) is 16.5. The van der Waals surface area contributed by atoms with Gasteiger partial charge in [0.2, 0.25) is 5.95 Å². The van der Waals surface area contributed by atoms with Crippen LogP contribution in [0.2, 0.25) is 0 Å². The van der Waals surface area contributed by atoms with Crippen LogP contribution in [0, 0.1) is 6.92 Å². The molecule has 1 fully saturated rings. The lowest BCUT2D eigenvalue weighted by Crippen LogP contribution is -2.45. The van der Waals surface area contributed by atoms with E-state index in [0.29, 0.717) is 35.1 Å². The molecule has 4 rings (SSSR count). The highest BCUT2D eigenvalue weighted by Gasteiger charge is 2.41. The van der Waals surface area contributed by atoms with Crippen molar-refractivity contribution >= 4 is 33.5 Å². The van der Waals surface area contributed by atoms with Crippen molar-refractivity contribution in [3.8, 4) is 11.1 Å². The highest BCUT2D eigenvalue weighted by molar-refractivity contribution is 6.42. The molecule has 35 heavy (non-hydrogen) atoms. The third kappa shape index (κ3) is 4.94. The zero-order valence-electron chi connectivity index (χ0n) is 20.1. The van der Waals surface area contributed by atoms with Gasteiger partial charge in [-0.25, -0.2) is 9.78 Å². The van der Waals surface area contributed by atoms with E-state index in [9.17, 15) is 18.0 Å². The Balaban J connectivity index is 1.53. The van der Waals surface area contributed by atoms with Crippen LogP contribution in [0.15, 0.2) is 42.9 Å². The maximum absolute atomic E-state index is 13.0. The molecule has 1 unspecified atom stereocenters. The molecule has 0 spiro atoms. The van der Waals surface area contributed by atoms with E-state index in [4.69, 9.17) is 0 Å². The first-order valence-corrected chi connectivity index (χ1v) is 11.0. The van der Waals surface area contributed by atoms with Crippen LogP contribution >= 0.6 is 0 Å². The third-order valence-corrected chi connectivity index (χ3v) is 6.17. The van der Waals surface area contributed by atoms with Crippen molar-refractivity contribution in [3.63, 3.8) is 0 Å². The molecule has 0 aliphatic carbocycles. The quantitative estimate of drug-likeness (QED) is 0.563. The lowest BCUT2D eigenvalue weighted by atomic mass is 9.61. The van der Waals surface area contributed by atoms with Gasteiger partial charge in [-0.15, -0.1) is 0 Å². The number of carbonyl (C=O) groups excluding carboxylic acids is 1. The first kappa shape index (κ1) is 24.5. The van der Waals surface area contributed by atoms with Gasteiger partial charge in [0.25, 0.3) is 0 Å². The molecule has 3 aromatic rings. The Morgan fingerprint density at radius 1 is 1.14 bits per heavy atom. The zero-order valence-corrected chi connectivity index (χ0v) is 20.1. The minimum atomic E-state index is -4.52. The van der Waals surface area contributed by atoms with Crippen molar-refractivity contribution in [2.45, 2.75) is 31.4 Å². The van der Waals surface area contributed by atoms with Gasteiger partial charge < -0.3 is 10.2 Å². The highest BCUT2D eigenvalue weighted by Crippen LogP contribution is 2.32. The number of nitrogens with one attached hydrogen (secondary N) is 1. The Labute approximate surface area is 202 Å². The largest absolute Gasteiger partial charge is 0.433 e. The van der Waals surface area contributed by atoms with Crippen LogP contribution in [0.4, 0.5) is 29.7 Å². The van der Waals surface area contributed by atoms with Gasteiger partial charge in [0.05, 0.1) is 11.7 Å². The van der Waals surface area contributed by atoms with Crippen LogP contribution in [0.1, 0.15) is 29.9 Å². The number of carbonyl (C=O) groups is 1. The first-order chi connectivity index (χ1) is 16.4. The number of pyridine rings is 2. The van der Waals surface area contributed by atoms with Gasteiger partial charge >= 0.3 is 12.2 Å². The van der Waals surface area contributed by atoms with Gasteiger partial charge in [-0.05, 0) is 49.2 Å². The molecular weight excluding hydrogens is 457 g/mol. The Morgan fingerprint density at radius 3 is 2.49 bits per heavy atom. The number of amides is 2. The number of rotatable bonds is 5. The second kappa shape index (κ2) is 8.86. The van der Waals surface area contributed by atoms with E-state index in [1.54, 1.807) is 35.3 Å². The molecule has 2 amide bonds. The number of nitrogens with zero attached hydrogens (tertiary/aromatic N) is 6. The Hall–Kier alpha value is -3.63. The predicted molar refractivity (Wildman–Crippen MR) is 132 cm³/mol. The van der Waals surface area contributed by atoms with E-state index in [0.717, 1.165) is 17.8 Å². The number of aryl methyl sites for hydroxylation is 1. The van der Waals surface area contributed by atoms with Gasteiger partial charge in [0.1, 0.15) is 27.2 Å². The van der Waals surface area contributed by atoms with Crippen molar-refractivity contribution in [3.05, 3.63) is 59.8 Å². The average Bonchev–Trinajstić information content (AvgIpc) is 3.01. The second-order valence-electron chi connectivity index (χ2n) is 9.20. The zero-order chi connectivity index (χ0) is 25.5. The number of halogens is 3. The number of aromatic nitrogens is 4. The summed E-state index contributed by atoms with van der Waals surface area (Å²) < 4.78 is 39.1. The van der Waals surface area contributed by atoms with Crippen molar-refractivity contribution < 1.29 is 18.0 Å². The first-order valence-electron chi connectivity index (χ1n) is 11.0. The summed E-state index contributed by atoms with van der Waals surface area (Å²) in [5.41, 5.74) is 1.47. The molecule has 180 valence electrons. The van der Waals surface area contributed by atoms with Crippen molar-refractivity contribution in [1.29, 1.82) is 0 Å². The fourth-order valence-corrected chi connectivity index (χ4v) is 3.89. The van der Waals surface area contributed by atoms with Crippen LogP contribution in [0.5, 0.6) is 0 Å². The van der Waals surface area contributed by atoms with E-state index < -0.39 is 11.9 Å². The molecule has 1 N–H and O–H groups in total. The fraction of sp³-hybridized carbons (Fsp3) is 0.318. The van der Waals surface area contributed by atoms with Gasteiger partial charge in [-0.3, -0.25) is 14.9 Å². The summed E-state index contributed by atoms with van der Waals surface area (Å²) >= 11 is 0. The van der Waals surface area contributed by atoms with Gasteiger partial charge in [0.15, 0.2) is 0 Å². The maximum atomic E-state index is 13.0. The SMILES string of the molecule is BC1(B)CN(c2ccnc(NC(C)c3cc(C)c(-c4ccnc(C(F)(F)F)c4)cn3)n2)C(=O)N1C. The topological polar surface area (TPSA) is 87.1 Å². The van der Waals surface area contributed by atoms with Crippen molar-refractivity contribution in [2.24, 2.45) is 0 Å². The highest BCUT2D eigenvalue weighted by atomic mass is 19.4. The molecule has 0 bridgehead atoms. The number of likely N-dealkylation sites (N-methyl/N-ethyl adjacent to an activating group) is 1. The average molecular weight is 481 g/mol. The number of hydrogen-bond acceptors (Lipinski definition) is 6. The number of anilines is 2. The maximum Gasteiger partial charge on any atom is 0.433 e. The molecule has 0 radical (unpaired) electrons. The second-order valence-corrected chi connectivity index (χ2v) is 9.20. The van der Waals surface area contributed by atoms with E-state index >= 15 is 0 Å². The third-order valence-electron chi connectivity index (χ3n) is 6.17. The molecule has 8 nitrogen and oxygen atoms in total. The van der Waals surface area contributed by atoms with Gasteiger partial charge in [-0.2, -0.15) is 18.2 Å². The van der Waals surface area contributed by atoms with E-state index in [1.807, 2.05) is 35.6 Å². The van der Waals surface area contributed by atoms with Crippen LogP contribution in [0.3, 0.4) is 0 Å². The van der Waals surface area contributed by atoms with Gasteiger partial charge in [0, 0.05) is 43.1 Å². The predicted octanol–water partition coefficient (Wildman–Crippen LogP) is 2.23. The van der Waals surface area contributed by atoms with Crippen LogP contribution < -0.4 is 10.2 Å². The summed E-state index contributed by atoms with van der Waals surface area (Å²) in [5, 5.41) is 2.87. The monoisotopic (exact) mass is 481 g/mol. The van der Waals surface area contributed by atoms with Crippen LogP contribution in [0.25, 0.3) is 11.1 Å². The molecule has 1 atom stereocenters. The molecule has 13 heteroatoms. The fourth-order valence-electron chi connectivity index (χ4n) is 3.89. The summed E-state index contributed by atoms with van der Waals surface area (Å²) in [6.45, 7) is 4.19. The van der Waals surface area contributed by atoms with E-state index in [1.165, 1.54) is 6.07 Å². The number of hydrogen-bond donors (Lipinski definition) is 1. The lowest BCUT2D eigenvalue weighted by Gasteiger charge is -2.25. The molecule has 1 saturated heterocycles. The summed E-state index contributed by atoms with van der Waals surface area (Å²) in [7, 11) is 5.74. The van der Waals surface area contributed by atoms with Gasteiger partial charge in [-0.1, -0.05) is 0 Å². The standard InChI is InChI=1S/C22H24B2F3N7O/c1-12-8-16(30-10-15(12)14-4-6-28-17(9-14)22(25,26)27)13(2)31-19-29-7-5-18(32-19)34-11-21(23,24)33(3)20(34)35/h4-10,13H,11,23-24H2,1-3H3,(H,29,31,32). The van der Waals surface area contributed by atoms with E-state index in [-0.39, 0.29) is 17.4 Å². The summed E-state index contributed by atoms with van der Waals surface area (Å²) in [5.74, 6) is 0.831. The number of alkyl halides is 3. The van der Waals surface area contributed by atoms with Crippen LogP contribution in [-0.2, 0) is 6.18 Å². The van der Waals surface area contributed by atoms with E-state index in [2.05, 4.69) is 25.3 Å². The molecule has 1 aliphatic heterocycles. The lowest BCUT2D eigenvalue weighted by molar-refractivity contribution is -0.141. The molecule has 0 aromatic carbocycles. The number of urea groups is 1. The Kier molecular flexibility index (Phi) is 6.20. The molecule has 1 aliphatic rings. The Bertz CT molecular complexity index is 1270. The minimum absolute atomic E-state index is 0.134. The smallest absolute Gasteiger partial charge is 0.346 e. The summed E-state index contributed by atoms with van der Waals surface area (Å²) in [6, 6.07) is 5.61. The summed E-state index contributed by atoms with van der Waals surface area (Å²) in [6.07, 6.45) is -0.241. The molecule has 4 heterocycles. The van der Waals surface area contributed by atoms with Crippen molar-refractivity contribution in [2.75, 3.05) is 23.8 Å². The van der Waals surface area contributed by atoms with Crippen molar-refractivity contribution in [1.82, 2.24) is 24.8 Å². The van der Waals surface area contributed by atoms with Crippen LogP contribution in [-0.4, -0.2) is 65.5 Å².